The summed E-state index contributed by atoms with van der Waals surface area (Å²) in [4.78, 5) is 28.8. The minimum Gasteiger partial charge on any atom is -0.481 e. The maximum atomic E-state index is 12.1. The fourth-order valence-electron chi connectivity index (χ4n) is 2.78. The van der Waals surface area contributed by atoms with Gasteiger partial charge in [-0.15, -0.1) is 0 Å². The second kappa shape index (κ2) is 5.00. The Morgan fingerprint density at radius 2 is 1.63 bits per heavy atom. The Kier molecular flexibility index (Phi) is 3.35. The van der Waals surface area contributed by atoms with Gasteiger partial charge in [0.1, 0.15) is 0 Å². The largest absolute Gasteiger partial charge is 0.481 e. The molecule has 1 aliphatic carbocycles. The molecule has 6 nitrogen and oxygen atoms in total. The van der Waals surface area contributed by atoms with E-state index in [2.05, 4.69) is 4.90 Å². The van der Waals surface area contributed by atoms with Gasteiger partial charge in [0, 0.05) is 45.8 Å². The first kappa shape index (κ1) is 12.7. The fraction of sp³-hybridized carbons (Fsp3) is 0.846. The zero-order valence-corrected chi connectivity index (χ0v) is 11.1. The fourth-order valence-corrected chi connectivity index (χ4v) is 2.78. The lowest BCUT2D eigenvalue weighted by Gasteiger charge is -2.42. The highest BCUT2D eigenvalue weighted by Crippen LogP contribution is 2.30. The molecule has 0 spiro atoms. The van der Waals surface area contributed by atoms with Gasteiger partial charge < -0.3 is 14.9 Å². The molecule has 0 radical (unpaired) electrons. The highest BCUT2D eigenvalue weighted by Gasteiger charge is 2.38. The maximum absolute atomic E-state index is 12.1. The van der Waals surface area contributed by atoms with Crippen molar-refractivity contribution in [2.45, 2.75) is 12.8 Å². The molecule has 106 valence electrons. The monoisotopic (exact) mass is 267 g/mol. The van der Waals surface area contributed by atoms with E-state index in [4.69, 9.17) is 5.11 Å². The van der Waals surface area contributed by atoms with Crippen molar-refractivity contribution in [2.24, 2.45) is 11.8 Å². The summed E-state index contributed by atoms with van der Waals surface area (Å²) >= 11 is 0. The number of aliphatic carboxylic acids is 1. The summed E-state index contributed by atoms with van der Waals surface area (Å²) in [7, 11) is 0. The van der Waals surface area contributed by atoms with Crippen molar-refractivity contribution < 1.29 is 14.7 Å². The van der Waals surface area contributed by atoms with Crippen molar-refractivity contribution in [1.82, 2.24) is 14.7 Å². The summed E-state index contributed by atoms with van der Waals surface area (Å²) in [6.07, 6.45) is 2.73. The Bertz CT molecular complexity index is 369. The summed E-state index contributed by atoms with van der Waals surface area (Å²) in [5.74, 6) is -0.257. The number of rotatable bonds is 3. The molecule has 1 saturated carbocycles. The smallest absolute Gasteiger partial charge is 0.320 e. The third-order valence-electron chi connectivity index (χ3n) is 4.36. The number of hydrogen-bond donors (Lipinski definition) is 1. The first-order chi connectivity index (χ1) is 9.13. The summed E-state index contributed by atoms with van der Waals surface area (Å²) in [6.45, 7) is 5.40. The van der Waals surface area contributed by atoms with Crippen LogP contribution in [0.4, 0.5) is 4.79 Å². The van der Waals surface area contributed by atoms with Gasteiger partial charge in [-0.1, -0.05) is 0 Å². The van der Waals surface area contributed by atoms with E-state index in [9.17, 15) is 9.59 Å². The molecule has 2 amide bonds. The molecular formula is C13H21N3O3. The quantitative estimate of drug-likeness (QED) is 0.790. The van der Waals surface area contributed by atoms with Gasteiger partial charge in [0.05, 0.1) is 5.92 Å². The summed E-state index contributed by atoms with van der Waals surface area (Å²) in [6, 6.07) is 0.0172. The van der Waals surface area contributed by atoms with Gasteiger partial charge in [-0.3, -0.25) is 9.69 Å². The van der Waals surface area contributed by atoms with Crippen LogP contribution in [0, 0.1) is 11.8 Å². The number of hydrogen-bond acceptors (Lipinski definition) is 3. The van der Waals surface area contributed by atoms with Crippen molar-refractivity contribution in [3.8, 4) is 0 Å². The Hall–Kier alpha value is -1.30. The molecule has 2 heterocycles. The van der Waals surface area contributed by atoms with E-state index < -0.39 is 5.97 Å². The lowest BCUT2D eigenvalue weighted by Crippen LogP contribution is -2.60. The zero-order valence-electron chi connectivity index (χ0n) is 11.1. The van der Waals surface area contributed by atoms with Crippen molar-refractivity contribution in [3.63, 3.8) is 0 Å². The molecule has 6 heteroatoms. The third kappa shape index (κ3) is 2.83. The number of amides is 2. The Balaban J connectivity index is 1.41. The first-order valence-electron chi connectivity index (χ1n) is 7.12. The summed E-state index contributed by atoms with van der Waals surface area (Å²) in [5, 5.41) is 8.81. The van der Waals surface area contributed by atoms with Crippen LogP contribution in [0.5, 0.6) is 0 Å². The number of urea groups is 1. The van der Waals surface area contributed by atoms with Crippen LogP contribution in [-0.4, -0.2) is 77.6 Å². The van der Waals surface area contributed by atoms with E-state index in [0.717, 1.165) is 32.1 Å². The molecular weight excluding hydrogens is 246 g/mol. The number of piperazine rings is 1. The minimum atomic E-state index is -0.793. The van der Waals surface area contributed by atoms with Crippen LogP contribution in [0.25, 0.3) is 0 Å². The van der Waals surface area contributed by atoms with Gasteiger partial charge in [-0.05, 0) is 18.8 Å². The van der Waals surface area contributed by atoms with E-state index in [1.54, 1.807) is 4.90 Å². The standard InChI is InChI=1S/C13H21N3O3/c17-12(18)11-8-16(9-11)13(19)15-5-3-14(4-6-15)7-10-1-2-10/h10-11H,1-9H2,(H,17,18). The molecule has 0 unspecified atom stereocenters. The number of carboxylic acid groups (broad SMARTS) is 1. The SMILES string of the molecule is O=C(O)C1CN(C(=O)N2CCN(CC3CC3)CC2)C1. The molecule has 2 aliphatic heterocycles. The van der Waals surface area contributed by atoms with Crippen LogP contribution in [0.15, 0.2) is 0 Å². The second-order valence-electron chi connectivity index (χ2n) is 5.95. The number of carbonyl (C=O) groups is 2. The molecule has 0 aromatic heterocycles. The van der Waals surface area contributed by atoms with Gasteiger partial charge in [0.25, 0.3) is 0 Å². The molecule has 3 aliphatic rings. The average Bonchev–Trinajstić information content (AvgIpc) is 3.11. The lowest BCUT2D eigenvalue weighted by atomic mass is 10.0. The highest BCUT2D eigenvalue weighted by atomic mass is 16.4. The number of carbonyl (C=O) groups excluding carboxylic acids is 1. The molecule has 19 heavy (non-hydrogen) atoms. The van der Waals surface area contributed by atoms with E-state index >= 15 is 0 Å². The third-order valence-corrected chi connectivity index (χ3v) is 4.36. The zero-order chi connectivity index (χ0) is 13.4. The predicted octanol–water partition coefficient (Wildman–Crippen LogP) is 0.150. The molecule has 3 fully saturated rings. The van der Waals surface area contributed by atoms with Crippen LogP contribution in [0.1, 0.15) is 12.8 Å². The number of likely N-dealkylation sites (tertiary alicyclic amines) is 1. The number of carboxylic acids is 1. The van der Waals surface area contributed by atoms with Crippen LogP contribution < -0.4 is 0 Å². The molecule has 0 atom stereocenters. The molecule has 3 rings (SSSR count). The lowest BCUT2D eigenvalue weighted by molar-refractivity contribution is -0.146. The Morgan fingerprint density at radius 1 is 1.00 bits per heavy atom. The normalized spacial score (nSPS) is 25.3. The van der Waals surface area contributed by atoms with Gasteiger partial charge in [-0.2, -0.15) is 0 Å². The van der Waals surface area contributed by atoms with E-state index in [1.165, 1.54) is 19.4 Å². The molecule has 0 aromatic rings. The maximum Gasteiger partial charge on any atom is 0.320 e. The van der Waals surface area contributed by atoms with E-state index in [-0.39, 0.29) is 11.9 Å². The van der Waals surface area contributed by atoms with Crippen LogP contribution in [-0.2, 0) is 4.79 Å². The summed E-state index contributed by atoms with van der Waals surface area (Å²) in [5.41, 5.74) is 0. The minimum absolute atomic E-state index is 0.0172. The van der Waals surface area contributed by atoms with Crippen molar-refractivity contribution >= 4 is 12.0 Å². The molecule has 1 N–H and O–H groups in total. The Morgan fingerprint density at radius 3 is 2.16 bits per heavy atom. The predicted molar refractivity (Wildman–Crippen MR) is 68.8 cm³/mol. The summed E-state index contributed by atoms with van der Waals surface area (Å²) < 4.78 is 0. The van der Waals surface area contributed by atoms with Gasteiger partial charge in [-0.25, -0.2) is 4.79 Å². The Labute approximate surface area is 112 Å². The van der Waals surface area contributed by atoms with Gasteiger partial charge in [0.15, 0.2) is 0 Å². The topological polar surface area (TPSA) is 64.1 Å². The molecule has 0 bridgehead atoms. The van der Waals surface area contributed by atoms with Crippen LogP contribution in [0.2, 0.25) is 0 Å². The average molecular weight is 267 g/mol. The van der Waals surface area contributed by atoms with E-state index in [0.29, 0.717) is 13.1 Å². The molecule has 2 saturated heterocycles. The van der Waals surface area contributed by atoms with E-state index in [1.807, 2.05) is 4.90 Å². The molecule has 0 aromatic carbocycles. The van der Waals surface area contributed by atoms with Crippen molar-refractivity contribution in [2.75, 3.05) is 45.8 Å². The van der Waals surface area contributed by atoms with Gasteiger partial charge >= 0.3 is 12.0 Å². The van der Waals surface area contributed by atoms with Crippen molar-refractivity contribution in [3.05, 3.63) is 0 Å². The van der Waals surface area contributed by atoms with Crippen molar-refractivity contribution in [1.29, 1.82) is 0 Å². The second-order valence-corrected chi connectivity index (χ2v) is 5.95. The number of nitrogens with zero attached hydrogens (tertiary/aromatic N) is 3. The van der Waals surface area contributed by atoms with Gasteiger partial charge in [0.2, 0.25) is 0 Å². The van der Waals surface area contributed by atoms with Crippen LogP contribution in [0.3, 0.4) is 0 Å². The highest BCUT2D eigenvalue weighted by molar-refractivity contribution is 5.79. The van der Waals surface area contributed by atoms with Crippen LogP contribution >= 0.6 is 0 Å². The first-order valence-corrected chi connectivity index (χ1v) is 7.12.